The van der Waals surface area contributed by atoms with Crippen molar-refractivity contribution >= 4 is 11.0 Å². The highest BCUT2D eigenvalue weighted by molar-refractivity contribution is 5.77. The van der Waals surface area contributed by atoms with Crippen LogP contribution in [0.5, 0.6) is 0 Å². The van der Waals surface area contributed by atoms with Gasteiger partial charge in [-0.3, -0.25) is 9.67 Å². The van der Waals surface area contributed by atoms with E-state index >= 15 is 0 Å². The first kappa shape index (κ1) is 15.1. The van der Waals surface area contributed by atoms with Gasteiger partial charge in [0.15, 0.2) is 0 Å². The molecule has 0 amide bonds. The summed E-state index contributed by atoms with van der Waals surface area (Å²) in [4.78, 5) is 8.74. The Bertz CT molecular complexity index is 874. The van der Waals surface area contributed by atoms with Gasteiger partial charge in [-0.05, 0) is 30.9 Å². The summed E-state index contributed by atoms with van der Waals surface area (Å²) in [5, 5.41) is 13.2. The van der Waals surface area contributed by atoms with Crippen molar-refractivity contribution in [2.45, 2.75) is 25.3 Å². The van der Waals surface area contributed by atoms with E-state index in [-0.39, 0.29) is 24.3 Å². The molecule has 0 atom stereocenters. The average Bonchev–Trinajstić information content (AvgIpc) is 2.98. The van der Waals surface area contributed by atoms with Gasteiger partial charge in [0.05, 0.1) is 29.0 Å². The third-order valence-corrected chi connectivity index (χ3v) is 4.53. The molecule has 124 valence electrons. The number of benzene rings is 1. The zero-order valence-corrected chi connectivity index (χ0v) is 12.8. The zero-order valence-electron chi connectivity index (χ0n) is 12.8. The van der Waals surface area contributed by atoms with E-state index in [4.69, 9.17) is 5.11 Å². The molecule has 5 nitrogen and oxygen atoms in total. The van der Waals surface area contributed by atoms with Crippen molar-refractivity contribution in [2.24, 2.45) is 5.92 Å². The third kappa shape index (κ3) is 2.54. The number of aliphatic hydroxyl groups is 1. The molecule has 7 heteroatoms. The number of halogens is 2. The van der Waals surface area contributed by atoms with Crippen LogP contribution in [-0.2, 0) is 0 Å². The molecule has 1 N–H and O–H groups in total. The lowest BCUT2D eigenvalue weighted by Gasteiger charge is -2.34. The molecule has 1 fully saturated rings. The molecule has 4 rings (SSSR count). The smallest absolute Gasteiger partial charge is 0.282 e. The minimum absolute atomic E-state index is 0.0572. The van der Waals surface area contributed by atoms with Gasteiger partial charge in [-0.2, -0.15) is 5.10 Å². The average molecular weight is 330 g/mol. The first-order valence-corrected chi connectivity index (χ1v) is 7.86. The van der Waals surface area contributed by atoms with Gasteiger partial charge in [0, 0.05) is 18.4 Å². The van der Waals surface area contributed by atoms with Gasteiger partial charge in [-0.1, -0.05) is 12.1 Å². The molecule has 1 aliphatic rings. The molecule has 0 bridgehead atoms. The summed E-state index contributed by atoms with van der Waals surface area (Å²) in [6, 6.07) is 7.37. The van der Waals surface area contributed by atoms with E-state index < -0.39 is 6.43 Å². The van der Waals surface area contributed by atoms with Crippen molar-refractivity contribution < 1.29 is 13.9 Å². The van der Waals surface area contributed by atoms with E-state index in [0.29, 0.717) is 16.8 Å². The molecule has 2 aromatic heterocycles. The van der Waals surface area contributed by atoms with Gasteiger partial charge < -0.3 is 5.11 Å². The normalized spacial score (nSPS) is 20.5. The second-order valence-electron chi connectivity index (χ2n) is 6.13. The molecular weight excluding hydrogens is 314 g/mol. The van der Waals surface area contributed by atoms with Gasteiger partial charge in [0.1, 0.15) is 5.69 Å². The Balaban J connectivity index is 1.73. The van der Waals surface area contributed by atoms with Crippen LogP contribution in [0.4, 0.5) is 8.78 Å². The zero-order chi connectivity index (χ0) is 16.7. The van der Waals surface area contributed by atoms with E-state index in [1.165, 1.54) is 6.20 Å². The predicted octanol–water partition coefficient (Wildman–Crippen LogP) is 3.37. The summed E-state index contributed by atoms with van der Waals surface area (Å²) in [6.07, 6.45) is 1.96. The van der Waals surface area contributed by atoms with E-state index in [0.717, 1.165) is 18.4 Å². The van der Waals surface area contributed by atoms with Crippen LogP contribution in [0.2, 0.25) is 0 Å². The summed E-state index contributed by atoms with van der Waals surface area (Å²) in [5.74, 6) is 0.234. The minimum atomic E-state index is -2.68. The maximum absolute atomic E-state index is 13.4. The van der Waals surface area contributed by atoms with Gasteiger partial charge >= 0.3 is 0 Å². The Labute approximate surface area is 137 Å². The van der Waals surface area contributed by atoms with Crippen LogP contribution in [0.3, 0.4) is 0 Å². The first-order valence-electron chi connectivity index (χ1n) is 7.86. The highest BCUT2D eigenvalue weighted by Crippen LogP contribution is 2.39. The van der Waals surface area contributed by atoms with Crippen molar-refractivity contribution in [2.75, 3.05) is 6.61 Å². The van der Waals surface area contributed by atoms with Gasteiger partial charge in [-0.15, -0.1) is 0 Å². The number of hydrogen-bond donors (Lipinski definition) is 1. The van der Waals surface area contributed by atoms with Crippen molar-refractivity contribution in [3.63, 3.8) is 0 Å². The van der Waals surface area contributed by atoms with Gasteiger partial charge in [-0.25, -0.2) is 13.8 Å². The summed E-state index contributed by atoms with van der Waals surface area (Å²) in [6.45, 7) is 0.127. The van der Waals surface area contributed by atoms with Crippen molar-refractivity contribution in [1.82, 2.24) is 19.7 Å². The lowest BCUT2D eigenvalue weighted by Crippen LogP contribution is -2.29. The van der Waals surface area contributed by atoms with E-state index in [2.05, 4.69) is 15.1 Å². The molecule has 24 heavy (non-hydrogen) atoms. The van der Waals surface area contributed by atoms with E-state index in [9.17, 15) is 8.78 Å². The Morgan fingerprint density at radius 3 is 2.67 bits per heavy atom. The fraction of sp³-hybridized carbons (Fsp3) is 0.353. The van der Waals surface area contributed by atoms with Crippen molar-refractivity contribution in [1.29, 1.82) is 0 Å². The molecule has 0 saturated heterocycles. The maximum Gasteiger partial charge on any atom is 0.282 e. The molecule has 2 heterocycles. The van der Waals surface area contributed by atoms with E-state index in [1.54, 1.807) is 16.9 Å². The number of rotatable bonds is 4. The maximum atomic E-state index is 13.4. The molecule has 1 aliphatic carbocycles. The summed E-state index contributed by atoms with van der Waals surface area (Å²) < 4.78 is 28.4. The lowest BCUT2D eigenvalue weighted by molar-refractivity contribution is 0.102. The van der Waals surface area contributed by atoms with Crippen LogP contribution >= 0.6 is 0 Å². The Hall–Kier alpha value is -2.41. The van der Waals surface area contributed by atoms with Crippen molar-refractivity contribution in [3.05, 3.63) is 42.4 Å². The minimum Gasteiger partial charge on any atom is -0.396 e. The molecule has 0 aliphatic heterocycles. The molecule has 1 saturated carbocycles. The highest BCUT2D eigenvalue weighted by atomic mass is 19.3. The summed E-state index contributed by atoms with van der Waals surface area (Å²) in [5.41, 5.74) is 1.82. The number of aromatic nitrogens is 4. The topological polar surface area (TPSA) is 63.8 Å². The molecule has 0 unspecified atom stereocenters. The summed E-state index contributed by atoms with van der Waals surface area (Å²) >= 11 is 0. The van der Waals surface area contributed by atoms with Crippen LogP contribution in [-0.4, -0.2) is 31.5 Å². The highest BCUT2D eigenvalue weighted by Gasteiger charge is 2.32. The number of nitrogens with zero attached hydrogens (tertiary/aromatic N) is 4. The van der Waals surface area contributed by atoms with Gasteiger partial charge in [0.2, 0.25) is 0 Å². The summed E-state index contributed by atoms with van der Waals surface area (Å²) in [7, 11) is 0. The second-order valence-corrected chi connectivity index (χ2v) is 6.13. The fourth-order valence-corrected chi connectivity index (χ4v) is 3.10. The lowest BCUT2D eigenvalue weighted by atomic mass is 9.81. The van der Waals surface area contributed by atoms with Crippen molar-refractivity contribution in [3.8, 4) is 11.3 Å². The molecular formula is C17H16F2N4O. The molecule has 0 spiro atoms. The number of aliphatic hydroxyl groups excluding tert-OH is 1. The van der Waals surface area contributed by atoms with Crippen LogP contribution < -0.4 is 0 Å². The fourth-order valence-electron chi connectivity index (χ4n) is 3.10. The SMILES string of the molecule is OC[C@H]1C[C@H](n2cc(-c3cnc4ccccc4n3)c(C(F)F)n2)C1. The van der Waals surface area contributed by atoms with Crippen LogP contribution in [0.1, 0.15) is 31.0 Å². The Morgan fingerprint density at radius 1 is 1.21 bits per heavy atom. The van der Waals surface area contributed by atoms with E-state index in [1.807, 2.05) is 18.2 Å². The Morgan fingerprint density at radius 2 is 1.96 bits per heavy atom. The van der Waals surface area contributed by atoms with Crippen LogP contribution in [0.25, 0.3) is 22.3 Å². The quantitative estimate of drug-likeness (QED) is 0.796. The monoisotopic (exact) mass is 330 g/mol. The number of hydrogen-bond acceptors (Lipinski definition) is 4. The molecule has 3 aromatic rings. The Kier molecular flexibility index (Phi) is 3.72. The number of para-hydroxylation sites is 2. The molecule has 0 radical (unpaired) electrons. The first-order chi connectivity index (χ1) is 11.7. The number of alkyl halides is 2. The van der Waals surface area contributed by atoms with Crippen LogP contribution in [0.15, 0.2) is 36.7 Å². The van der Waals surface area contributed by atoms with Gasteiger partial charge in [0.25, 0.3) is 6.43 Å². The third-order valence-electron chi connectivity index (χ3n) is 4.53. The number of fused-ring (bicyclic) bond motifs is 1. The largest absolute Gasteiger partial charge is 0.396 e. The second kappa shape index (κ2) is 5.90. The molecule has 1 aromatic carbocycles. The van der Waals surface area contributed by atoms with Crippen LogP contribution in [0, 0.1) is 5.92 Å². The standard InChI is InChI=1S/C17H16F2N4O/c18-17(19)16-12(8-23(22-16)11-5-10(6-11)9-24)15-7-20-13-3-1-2-4-14(13)21-15/h1-4,7-8,10-11,17,24H,5-6,9H2/t10-,11-. The predicted molar refractivity (Wildman–Crippen MR) is 84.6 cm³/mol.